The number of para-hydroxylation sites is 2. The second-order valence-corrected chi connectivity index (χ2v) is 5.15. The number of benzene rings is 1. The molecular formula is C15H20N2O6. The summed E-state index contributed by atoms with van der Waals surface area (Å²) in [5, 5.41) is 18.3. The Bertz CT molecular complexity index is 565. The number of rotatable bonds is 5. The SMILES string of the molecule is COc1ccccc1OCC[C@@H]1CN(C(=O)O)CCN1C(=O)O. The number of hydrogen-bond acceptors (Lipinski definition) is 4. The number of piperazine rings is 1. The van der Waals surface area contributed by atoms with Crippen molar-refractivity contribution in [3.63, 3.8) is 0 Å². The van der Waals surface area contributed by atoms with E-state index in [4.69, 9.17) is 14.6 Å². The second kappa shape index (κ2) is 7.57. The highest BCUT2D eigenvalue weighted by Gasteiger charge is 2.32. The Hall–Kier alpha value is -2.64. The van der Waals surface area contributed by atoms with E-state index in [-0.39, 0.29) is 26.2 Å². The van der Waals surface area contributed by atoms with Crippen molar-refractivity contribution in [2.24, 2.45) is 0 Å². The van der Waals surface area contributed by atoms with Gasteiger partial charge in [-0.2, -0.15) is 0 Å². The van der Waals surface area contributed by atoms with Crippen LogP contribution in [0.5, 0.6) is 11.5 Å². The second-order valence-electron chi connectivity index (χ2n) is 5.15. The van der Waals surface area contributed by atoms with Gasteiger partial charge in [0.25, 0.3) is 0 Å². The van der Waals surface area contributed by atoms with Crippen molar-refractivity contribution in [3.05, 3.63) is 24.3 Å². The Labute approximate surface area is 133 Å². The topological polar surface area (TPSA) is 99.5 Å². The third kappa shape index (κ3) is 4.18. The highest BCUT2D eigenvalue weighted by atomic mass is 16.5. The molecule has 1 atom stereocenters. The molecule has 1 fully saturated rings. The van der Waals surface area contributed by atoms with Crippen LogP contribution < -0.4 is 9.47 Å². The summed E-state index contributed by atoms with van der Waals surface area (Å²) in [4.78, 5) is 24.8. The lowest BCUT2D eigenvalue weighted by atomic mass is 10.1. The summed E-state index contributed by atoms with van der Waals surface area (Å²) in [5.74, 6) is 1.17. The van der Waals surface area contributed by atoms with Gasteiger partial charge >= 0.3 is 12.2 Å². The molecule has 2 amide bonds. The minimum absolute atomic E-state index is 0.150. The van der Waals surface area contributed by atoms with Gasteiger partial charge in [0.1, 0.15) is 0 Å². The van der Waals surface area contributed by atoms with Gasteiger partial charge in [-0.05, 0) is 12.1 Å². The van der Waals surface area contributed by atoms with Crippen molar-refractivity contribution in [2.75, 3.05) is 33.4 Å². The van der Waals surface area contributed by atoms with Crippen LogP contribution in [0, 0.1) is 0 Å². The van der Waals surface area contributed by atoms with Crippen molar-refractivity contribution in [1.82, 2.24) is 9.80 Å². The Morgan fingerprint density at radius 3 is 2.48 bits per heavy atom. The molecule has 8 nitrogen and oxygen atoms in total. The van der Waals surface area contributed by atoms with Crippen LogP contribution in [-0.2, 0) is 0 Å². The molecule has 1 saturated heterocycles. The molecule has 0 saturated carbocycles. The lowest BCUT2D eigenvalue weighted by Gasteiger charge is -2.38. The Morgan fingerprint density at radius 1 is 1.17 bits per heavy atom. The van der Waals surface area contributed by atoms with Crippen LogP contribution >= 0.6 is 0 Å². The minimum atomic E-state index is -1.04. The minimum Gasteiger partial charge on any atom is -0.493 e. The molecule has 2 N–H and O–H groups in total. The monoisotopic (exact) mass is 324 g/mol. The van der Waals surface area contributed by atoms with Gasteiger partial charge in [0.2, 0.25) is 0 Å². The van der Waals surface area contributed by atoms with Crippen LogP contribution in [0.3, 0.4) is 0 Å². The van der Waals surface area contributed by atoms with Crippen LogP contribution in [0.1, 0.15) is 6.42 Å². The lowest BCUT2D eigenvalue weighted by molar-refractivity contribution is 0.0561. The van der Waals surface area contributed by atoms with Gasteiger partial charge < -0.3 is 29.5 Å². The van der Waals surface area contributed by atoms with Crippen LogP contribution in [0.25, 0.3) is 0 Å². The summed E-state index contributed by atoms with van der Waals surface area (Å²) in [6.45, 7) is 0.769. The third-order valence-corrected chi connectivity index (χ3v) is 3.78. The van der Waals surface area contributed by atoms with Gasteiger partial charge in [-0.25, -0.2) is 9.59 Å². The van der Waals surface area contributed by atoms with Gasteiger partial charge in [0, 0.05) is 26.1 Å². The fourth-order valence-corrected chi connectivity index (χ4v) is 2.57. The largest absolute Gasteiger partial charge is 0.493 e. The molecule has 8 heteroatoms. The molecule has 2 rings (SSSR count). The molecule has 0 aliphatic carbocycles. The van der Waals surface area contributed by atoms with E-state index in [1.54, 1.807) is 19.2 Å². The van der Waals surface area contributed by atoms with Gasteiger partial charge in [-0.15, -0.1) is 0 Å². The summed E-state index contributed by atoms with van der Waals surface area (Å²) in [6.07, 6.45) is -1.68. The number of ether oxygens (including phenoxy) is 2. The van der Waals surface area contributed by atoms with E-state index in [0.29, 0.717) is 17.9 Å². The molecule has 23 heavy (non-hydrogen) atoms. The quantitative estimate of drug-likeness (QED) is 0.857. The number of nitrogens with zero attached hydrogens (tertiary/aromatic N) is 2. The maximum Gasteiger partial charge on any atom is 0.407 e. The molecule has 1 aliphatic rings. The maximum atomic E-state index is 11.3. The lowest BCUT2D eigenvalue weighted by Crippen LogP contribution is -2.56. The Balaban J connectivity index is 1.95. The predicted molar refractivity (Wildman–Crippen MR) is 81.2 cm³/mol. The highest BCUT2D eigenvalue weighted by molar-refractivity contribution is 5.68. The van der Waals surface area contributed by atoms with E-state index in [1.807, 2.05) is 12.1 Å². The summed E-state index contributed by atoms with van der Waals surface area (Å²) in [7, 11) is 1.54. The number of carbonyl (C=O) groups is 2. The van der Waals surface area contributed by atoms with Crippen molar-refractivity contribution >= 4 is 12.2 Å². The molecule has 0 aromatic heterocycles. The molecule has 1 aliphatic heterocycles. The van der Waals surface area contributed by atoms with E-state index in [2.05, 4.69) is 0 Å². The maximum absolute atomic E-state index is 11.3. The van der Waals surface area contributed by atoms with Gasteiger partial charge in [0.15, 0.2) is 11.5 Å². The number of carboxylic acid groups (broad SMARTS) is 2. The van der Waals surface area contributed by atoms with Crippen LogP contribution in [0.4, 0.5) is 9.59 Å². The molecule has 126 valence electrons. The van der Waals surface area contributed by atoms with Crippen LogP contribution in [0.15, 0.2) is 24.3 Å². The zero-order chi connectivity index (χ0) is 16.8. The number of hydrogen-bond donors (Lipinski definition) is 2. The molecule has 0 radical (unpaired) electrons. The standard InChI is InChI=1S/C15H20N2O6/c1-22-12-4-2-3-5-13(12)23-9-6-11-10-16(14(18)19)7-8-17(11)15(20)21/h2-5,11H,6-10H2,1H3,(H,18,19)(H,20,21)/t11-/m1/s1. The van der Waals surface area contributed by atoms with E-state index in [1.165, 1.54) is 9.80 Å². The van der Waals surface area contributed by atoms with E-state index in [0.717, 1.165) is 0 Å². The van der Waals surface area contributed by atoms with Crippen molar-refractivity contribution in [2.45, 2.75) is 12.5 Å². The normalized spacial score (nSPS) is 17.7. The average molecular weight is 324 g/mol. The molecule has 1 aromatic carbocycles. The van der Waals surface area contributed by atoms with Gasteiger partial charge in [0.05, 0.1) is 19.8 Å². The number of methoxy groups -OCH3 is 1. The van der Waals surface area contributed by atoms with Gasteiger partial charge in [-0.3, -0.25) is 0 Å². The zero-order valence-corrected chi connectivity index (χ0v) is 12.8. The van der Waals surface area contributed by atoms with Crippen LogP contribution in [0.2, 0.25) is 0 Å². The molecule has 0 spiro atoms. The summed E-state index contributed by atoms with van der Waals surface area (Å²) in [5.41, 5.74) is 0. The molecular weight excluding hydrogens is 304 g/mol. The third-order valence-electron chi connectivity index (χ3n) is 3.78. The fourth-order valence-electron chi connectivity index (χ4n) is 2.57. The first-order valence-electron chi connectivity index (χ1n) is 7.26. The molecule has 1 heterocycles. The summed E-state index contributed by atoms with van der Waals surface area (Å²) >= 11 is 0. The predicted octanol–water partition coefficient (Wildman–Crippen LogP) is 1.81. The summed E-state index contributed by atoms with van der Waals surface area (Å²) < 4.78 is 10.8. The Morgan fingerprint density at radius 2 is 1.87 bits per heavy atom. The van der Waals surface area contributed by atoms with Crippen molar-refractivity contribution < 1.29 is 29.3 Å². The Kier molecular flexibility index (Phi) is 5.51. The van der Waals surface area contributed by atoms with Gasteiger partial charge in [-0.1, -0.05) is 12.1 Å². The first kappa shape index (κ1) is 16.7. The smallest absolute Gasteiger partial charge is 0.407 e. The first-order chi connectivity index (χ1) is 11.0. The van der Waals surface area contributed by atoms with E-state index in [9.17, 15) is 14.7 Å². The molecule has 0 bridgehead atoms. The van der Waals surface area contributed by atoms with Crippen LogP contribution in [-0.4, -0.2) is 71.6 Å². The number of amides is 2. The average Bonchev–Trinajstić information content (AvgIpc) is 2.55. The highest BCUT2D eigenvalue weighted by Crippen LogP contribution is 2.26. The fraction of sp³-hybridized carbons (Fsp3) is 0.467. The zero-order valence-electron chi connectivity index (χ0n) is 12.8. The van der Waals surface area contributed by atoms with Crippen molar-refractivity contribution in [1.29, 1.82) is 0 Å². The van der Waals surface area contributed by atoms with Crippen molar-refractivity contribution in [3.8, 4) is 11.5 Å². The molecule has 1 aromatic rings. The van der Waals surface area contributed by atoms with E-state index < -0.39 is 18.2 Å². The first-order valence-corrected chi connectivity index (χ1v) is 7.26. The van der Waals surface area contributed by atoms with E-state index >= 15 is 0 Å². The molecule has 0 unspecified atom stereocenters. The summed E-state index contributed by atoms with van der Waals surface area (Å²) in [6, 6.07) is 6.74.